The van der Waals surface area contributed by atoms with Gasteiger partial charge in [0.05, 0.1) is 5.71 Å². The summed E-state index contributed by atoms with van der Waals surface area (Å²) in [7, 11) is 0. The minimum absolute atomic E-state index is 0.127. The van der Waals surface area contributed by atoms with Crippen molar-refractivity contribution >= 4 is 46.4 Å². The molecule has 2 aromatic rings. The quantitative estimate of drug-likeness (QED) is 0.387. The monoisotopic (exact) mass is 335 g/mol. The molecule has 0 heterocycles. The van der Waals surface area contributed by atoms with E-state index in [9.17, 15) is 0 Å². The highest BCUT2D eigenvalue weighted by Crippen LogP contribution is 2.18. The zero-order valence-corrected chi connectivity index (χ0v) is 13.7. The molecule has 2 rings (SSSR count). The van der Waals surface area contributed by atoms with Gasteiger partial charge in [0.2, 0.25) is 0 Å². The van der Waals surface area contributed by atoms with Crippen molar-refractivity contribution in [1.82, 2.24) is 5.43 Å². The van der Waals surface area contributed by atoms with Gasteiger partial charge in [-0.2, -0.15) is 5.10 Å². The van der Waals surface area contributed by atoms with Crippen LogP contribution in [0.15, 0.2) is 58.5 Å². The fraction of sp³-hybridized carbons (Fsp3) is 0.0667. The van der Waals surface area contributed by atoms with Gasteiger partial charge in [0.1, 0.15) is 0 Å². The standard InChI is InChI=1S/C15H14ClN3S2/c1-21-13-8-4-11(5-9-13)14(18-19-15(17)20)10-2-6-12(16)7-3-10/h2-9H,1H3,(H3,17,19,20)/b18-14+. The van der Waals surface area contributed by atoms with Crippen LogP contribution in [0.3, 0.4) is 0 Å². The Bertz CT molecular complexity index is 652. The summed E-state index contributed by atoms with van der Waals surface area (Å²) >= 11 is 12.4. The Morgan fingerprint density at radius 2 is 1.62 bits per heavy atom. The molecule has 0 aromatic heterocycles. The summed E-state index contributed by atoms with van der Waals surface area (Å²) in [6.07, 6.45) is 2.04. The van der Waals surface area contributed by atoms with Crippen molar-refractivity contribution in [3.63, 3.8) is 0 Å². The van der Waals surface area contributed by atoms with Crippen molar-refractivity contribution in [2.75, 3.05) is 6.26 Å². The lowest BCUT2D eigenvalue weighted by atomic mass is 10.0. The van der Waals surface area contributed by atoms with Crippen LogP contribution in [-0.4, -0.2) is 17.1 Å². The van der Waals surface area contributed by atoms with E-state index in [0.29, 0.717) is 5.02 Å². The van der Waals surface area contributed by atoms with Crippen LogP contribution in [0, 0.1) is 0 Å². The highest BCUT2D eigenvalue weighted by Gasteiger charge is 2.08. The lowest BCUT2D eigenvalue weighted by molar-refractivity contribution is 1.03. The predicted octanol–water partition coefficient (Wildman–Crippen LogP) is 3.65. The molecule has 21 heavy (non-hydrogen) atoms. The third-order valence-electron chi connectivity index (χ3n) is 2.76. The second kappa shape index (κ2) is 7.45. The summed E-state index contributed by atoms with van der Waals surface area (Å²) < 4.78 is 0. The molecule has 0 bridgehead atoms. The molecular weight excluding hydrogens is 322 g/mol. The van der Waals surface area contributed by atoms with Gasteiger partial charge in [0, 0.05) is 21.0 Å². The van der Waals surface area contributed by atoms with Crippen molar-refractivity contribution in [3.05, 3.63) is 64.7 Å². The second-order valence-electron chi connectivity index (χ2n) is 4.17. The Labute approximate surface area is 138 Å². The Kier molecular flexibility index (Phi) is 5.61. The average molecular weight is 336 g/mol. The normalized spacial score (nSPS) is 11.2. The van der Waals surface area contributed by atoms with Crippen LogP contribution in [0.2, 0.25) is 5.02 Å². The molecule has 0 aliphatic rings. The van der Waals surface area contributed by atoms with Crippen LogP contribution < -0.4 is 11.2 Å². The van der Waals surface area contributed by atoms with Gasteiger partial charge in [-0.05, 0) is 42.7 Å². The number of benzene rings is 2. The summed E-state index contributed by atoms with van der Waals surface area (Å²) in [6.45, 7) is 0. The van der Waals surface area contributed by atoms with E-state index in [4.69, 9.17) is 29.6 Å². The van der Waals surface area contributed by atoms with Crippen molar-refractivity contribution in [1.29, 1.82) is 0 Å². The highest BCUT2D eigenvalue weighted by atomic mass is 35.5. The molecular formula is C15H14ClN3S2. The molecule has 0 amide bonds. The van der Waals surface area contributed by atoms with Gasteiger partial charge in [0.25, 0.3) is 0 Å². The van der Waals surface area contributed by atoms with E-state index in [1.807, 2.05) is 54.8 Å². The van der Waals surface area contributed by atoms with Crippen molar-refractivity contribution in [2.24, 2.45) is 10.8 Å². The third kappa shape index (κ3) is 4.46. The first-order chi connectivity index (χ1) is 10.1. The number of halogens is 1. The van der Waals surface area contributed by atoms with E-state index in [0.717, 1.165) is 16.8 Å². The number of hydrogen-bond acceptors (Lipinski definition) is 3. The topological polar surface area (TPSA) is 50.4 Å². The molecule has 0 saturated heterocycles. The van der Waals surface area contributed by atoms with Gasteiger partial charge in [-0.3, -0.25) is 5.43 Å². The maximum atomic E-state index is 5.93. The van der Waals surface area contributed by atoms with Crippen LogP contribution in [0.4, 0.5) is 0 Å². The first-order valence-corrected chi connectivity index (χ1v) is 8.15. The summed E-state index contributed by atoms with van der Waals surface area (Å²) in [6, 6.07) is 15.6. The minimum Gasteiger partial charge on any atom is -0.375 e. The third-order valence-corrected chi connectivity index (χ3v) is 3.85. The van der Waals surface area contributed by atoms with Gasteiger partial charge in [-0.25, -0.2) is 0 Å². The fourth-order valence-corrected chi connectivity index (χ4v) is 2.34. The predicted molar refractivity (Wildman–Crippen MR) is 95.2 cm³/mol. The summed E-state index contributed by atoms with van der Waals surface area (Å²) in [5, 5.41) is 5.11. The molecule has 0 fully saturated rings. The zero-order valence-electron chi connectivity index (χ0n) is 11.3. The lowest BCUT2D eigenvalue weighted by Gasteiger charge is -2.09. The van der Waals surface area contributed by atoms with Gasteiger partial charge < -0.3 is 5.73 Å². The Balaban J connectivity index is 2.41. The number of thioether (sulfide) groups is 1. The lowest BCUT2D eigenvalue weighted by Crippen LogP contribution is -2.26. The Hall–Kier alpha value is -1.56. The molecule has 0 saturated carbocycles. The number of nitrogens with two attached hydrogens (primary N) is 1. The Morgan fingerprint density at radius 1 is 1.10 bits per heavy atom. The minimum atomic E-state index is 0.127. The van der Waals surface area contributed by atoms with Gasteiger partial charge >= 0.3 is 0 Å². The van der Waals surface area contributed by atoms with E-state index in [1.165, 1.54) is 4.90 Å². The zero-order chi connectivity index (χ0) is 15.2. The number of nitrogens with one attached hydrogen (secondary N) is 1. The smallest absolute Gasteiger partial charge is 0.184 e. The van der Waals surface area contributed by atoms with E-state index < -0.39 is 0 Å². The second-order valence-corrected chi connectivity index (χ2v) is 5.93. The molecule has 3 N–H and O–H groups in total. The number of hydrogen-bond donors (Lipinski definition) is 2. The van der Waals surface area contributed by atoms with Gasteiger partial charge in [-0.15, -0.1) is 11.8 Å². The highest BCUT2D eigenvalue weighted by molar-refractivity contribution is 7.98. The number of hydrazone groups is 1. The Morgan fingerprint density at radius 3 is 2.10 bits per heavy atom. The van der Waals surface area contributed by atoms with Crippen LogP contribution in [-0.2, 0) is 0 Å². The molecule has 0 spiro atoms. The first kappa shape index (κ1) is 15.8. The van der Waals surface area contributed by atoms with Gasteiger partial charge in [-0.1, -0.05) is 35.9 Å². The van der Waals surface area contributed by atoms with Crippen LogP contribution >= 0.6 is 35.6 Å². The van der Waals surface area contributed by atoms with Gasteiger partial charge in [0.15, 0.2) is 5.11 Å². The van der Waals surface area contributed by atoms with E-state index in [2.05, 4.69) is 10.5 Å². The number of nitrogens with zero attached hydrogens (tertiary/aromatic N) is 1. The largest absolute Gasteiger partial charge is 0.375 e. The molecule has 0 unspecified atom stereocenters. The molecule has 3 nitrogen and oxygen atoms in total. The molecule has 2 aromatic carbocycles. The van der Waals surface area contributed by atoms with Crippen molar-refractivity contribution in [3.8, 4) is 0 Å². The summed E-state index contributed by atoms with van der Waals surface area (Å²) in [5.74, 6) is 0. The van der Waals surface area contributed by atoms with E-state index in [1.54, 1.807) is 11.8 Å². The SMILES string of the molecule is CSc1ccc(/C(=N/NC(N)=S)c2ccc(Cl)cc2)cc1. The van der Waals surface area contributed by atoms with Crippen LogP contribution in [0.5, 0.6) is 0 Å². The number of rotatable bonds is 4. The molecule has 0 radical (unpaired) electrons. The first-order valence-electron chi connectivity index (χ1n) is 6.13. The van der Waals surface area contributed by atoms with Crippen LogP contribution in [0.1, 0.15) is 11.1 Å². The molecule has 0 aliphatic heterocycles. The summed E-state index contributed by atoms with van der Waals surface area (Å²) in [5.41, 5.74) is 10.8. The van der Waals surface area contributed by atoms with E-state index >= 15 is 0 Å². The molecule has 6 heteroatoms. The number of thiocarbonyl (C=S) groups is 1. The van der Waals surface area contributed by atoms with E-state index in [-0.39, 0.29) is 5.11 Å². The summed E-state index contributed by atoms with van der Waals surface area (Å²) in [4.78, 5) is 1.19. The maximum Gasteiger partial charge on any atom is 0.184 e. The molecule has 0 aliphatic carbocycles. The molecule has 0 atom stereocenters. The van der Waals surface area contributed by atoms with Crippen molar-refractivity contribution < 1.29 is 0 Å². The average Bonchev–Trinajstić information content (AvgIpc) is 2.49. The molecule has 108 valence electrons. The van der Waals surface area contributed by atoms with Crippen LogP contribution in [0.25, 0.3) is 0 Å². The van der Waals surface area contributed by atoms with Crippen molar-refractivity contribution in [2.45, 2.75) is 4.90 Å². The maximum absolute atomic E-state index is 5.93. The fourth-order valence-electron chi connectivity index (χ4n) is 1.76.